The molecule has 0 fully saturated rings. The highest BCUT2D eigenvalue weighted by atomic mass is 16.5. The number of hydroxylamine groups is 1. The molecule has 78 valence electrons. The van der Waals surface area contributed by atoms with Crippen molar-refractivity contribution in [3.05, 3.63) is 35.4 Å². The van der Waals surface area contributed by atoms with Crippen molar-refractivity contribution in [1.82, 2.24) is 5.48 Å². The molecule has 0 bridgehead atoms. The molecule has 0 aliphatic heterocycles. The highest BCUT2D eigenvalue weighted by Crippen LogP contribution is 2.13. The van der Waals surface area contributed by atoms with E-state index in [1.54, 1.807) is 0 Å². The van der Waals surface area contributed by atoms with E-state index in [-0.39, 0.29) is 6.54 Å². The zero-order valence-electron chi connectivity index (χ0n) is 8.40. The molecule has 0 aromatic heterocycles. The summed E-state index contributed by atoms with van der Waals surface area (Å²) in [6.45, 7) is 2.30. The maximum absolute atomic E-state index is 9.52. The molecule has 0 spiro atoms. The first kappa shape index (κ1) is 11.2. The predicted octanol–water partition coefficient (Wildman–Crippen LogP) is 1.65. The molecule has 14 heavy (non-hydrogen) atoms. The third-order valence-corrected chi connectivity index (χ3v) is 2.19. The van der Waals surface area contributed by atoms with Gasteiger partial charge in [0.05, 0.1) is 12.6 Å². The van der Waals surface area contributed by atoms with Gasteiger partial charge in [-0.15, -0.1) is 0 Å². The van der Waals surface area contributed by atoms with E-state index in [1.807, 2.05) is 29.7 Å². The maximum atomic E-state index is 9.52. The molecule has 0 aliphatic carbocycles. The first-order valence-electron chi connectivity index (χ1n) is 4.91. The van der Waals surface area contributed by atoms with Crippen LogP contribution < -0.4 is 5.48 Å². The van der Waals surface area contributed by atoms with Crippen molar-refractivity contribution >= 4 is 0 Å². The minimum Gasteiger partial charge on any atom is -0.387 e. The van der Waals surface area contributed by atoms with Crippen LogP contribution in [-0.4, -0.2) is 16.9 Å². The van der Waals surface area contributed by atoms with E-state index in [1.165, 1.54) is 5.56 Å². The molecule has 0 heterocycles. The van der Waals surface area contributed by atoms with Crippen LogP contribution in [0.1, 0.15) is 30.6 Å². The molecule has 0 amide bonds. The third kappa shape index (κ3) is 3.10. The second-order valence-electron chi connectivity index (χ2n) is 3.37. The molecule has 1 aromatic carbocycles. The van der Waals surface area contributed by atoms with Crippen molar-refractivity contribution in [2.75, 3.05) is 6.54 Å². The Hall–Kier alpha value is -0.900. The minimum atomic E-state index is -0.643. The van der Waals surface area contributed by atoms with E-state index in [9.17, 15) is 5.11 Å². The average Bonchev–Trinajstić information content (AvgIpc) is 2.20. The van der Waals surface area contributed by atoms with Gasteiger partial charge in [-0.05, 0) is 17.5 Å². The molecular formula is C11H17NO2. The number of hydrogen-bond donors (Lipinski definition) is 3. The fourth-order valence-corrected chi connectivity index (χ4v) is 1.40. The maximum Gasteiger partial charge on any atom is 0.0937 e. The fraction of sp³-hybridized carbons (Fsp3) is 0.455. The molecule has 3 nitrogen and oxygen atoms in total. The first-order valence-corrected chi connectivity index (χ1v) is 4.91. The topological polar surface area (TPSA) is 52.5 Å². The van der Waals surface area contributed by atoms with Crippen LogP contribution >= 0.6 is 0 Å². The highest BCUT2D eigenvalue weighted by molar-refractivity contribution is 5.24. The second-order valence-corrected chi connectivity index (χ2v) is 3.37. The van der Waals surface area contributed by atoms with Gasteiger partial charge in [-0.1, -0.05) is 37.6 Å². The van der Waals surface area contributed by atoms with E-state index >= 15 is 0 Å². The van der Waals surface area contributed by atoms with Crippen LogP contribution in [0.2, 0.25) is 0 Å². The van der Waals surface area contributed by atoms with Crippen LogP contribution in [0.15, 0.2) is 24.3 Å². The lowest BCUT2D eigenvalue weighted by Gasteiger charge is -2.09. The molecule has 0 aliphatic rings. The number of aliphatic hydroxyl groups is 1. The molecule has 1 atom stereocenters. The SMILES string of the molecule is CCCc1ccc(C(O)CNO)cc1. The second kappa shape index (κ2) is 5.75. The van der Waals surface area contributed by atoms with Gasteiger partial charge in [0.25, 0.3) is 0 Å². The van der Waals surface area contributed by atoms with Crippen molar-refractivity contribution in [2.45, 2.75) is 25.9 Å². The zero-order chi connectivity index (χ0) is 10.4. The van der Waals surface area contributed by atoms with Crippen molar-refractivity contribution in [1.29, 1.82) is 0 Å². The van der Waals surface area contributed by atoms with E-state index in [0.29, 0.717) is 0 Å². The van der Waals surface area contributed by atoms with E-state index in [4.69, 9.17) is 5.21 Å². The van der Waals surface area contributed by atoms with E-state index in [0.717, 1.165) is 18.4 Å². The van der Waals surface area contributed by atoms with Gasteiger partial charge in [-0.3, -0.25) is 0 Å². The van der Waals surface area contributed by atoms with Crippen LogP contribution in [0.3, 0.4) is 0 Å². The molecule has 0 saturated heterocycles. The van der Waals surface area contributed by atoms with Gasteiger partial charge in [0.1, 0.15) is 0 Å². The Morgan fingerprint density at radius 2 is 1.93 bits per heavy atom. The Bertz CT molecular complexity index is 258. The Balaban J connectivity index is 2.62. The van der Waals surface area contributed by atoms with Crippen LogP contribution in [0, 0.1) is 0 Å². The Kier molecular flexibility index (Phi) is 4.59. The number of rotatable bonds is 5. The summed E-state index contributed by atoms with van der Waals surface area (Å²) in [5, 5.41) is 17.9. The fourth-order valence-electron chi connectivity index (χ4n) is 1.40. The largest absolute Gasteiger partial charge is 0.387 e. The quantitative estimate of drug-likeness (QED) is 0.626. The molecular weight excluding hydrogens is 178 g/mol. The summed E-state index contributed by atoms with van der Waals surface area (Å²) in [7, 11) is 0. The van der Waals surface area contributed by atoms with Gasteiger partial charge >= 0.3 is 0 Å². The first-order chi connectivity index (χ1) is 6.77. The number of hydrogen-bond acceptors (Lipinski definition) is 3. The van der Waals surface area contributed by atoms with Crippen molar-refractivity contribution in [3.8, 4) is 0 Å². The lowest BCUT2D eigenvalue weighted by Crippen LogP contribution is -2.17. The number of aliphatic hydroxyl groups excluding tert-OH is 1. The van der Waals surface area contributed by atoms with Gasteiger partial charge in [0.2, 0.25) is 0 Å². The van der Waals surface area contributed by atoms with E-state index in [2.05, 4.69) is 6.92 Å². The highest BCUT2D eigenvalue weighted by Gasteiger charge is 2.05. The van der Waals surface area contributed by atoms with Gasteiger partial charge in [-0.25, -0.2) is 5.48 Å². The summed E-state index contributed by atoms with van der Waals surface area (Å²) in [6, 6.07) is 7.82. The smallest absolute Gasteiger partial charge is 0.0937 e. The summed E-state index contributed by atoms with van der Waals surface area (Å²) in [6.07, 6.45) is 1.55. The van der Waals surface area contributed by atoms with Crippen LogP contribution in [0.5, 0.6) is 0 Å². The van der Waals surface area contributed by atoms with E-state index < -0.39 is 6.10 Å². The van der Waals surface area contributed by atoms with Crippen molar-refractivity contribution in [2.24, 2.45) is 0 Å². The Morgan fingerprint density at radius 3 is 2.43 bits per heavy atom. The van der Waals surface area contributed by atoms with Gasteiger partial charge in [-0.2, -0.15) is 0 Å². The standard InChI is InChI=1S/C11H17NO2/c1-2-3-9-4-6-10(7-5-9)11(13)8-12-14/h4-7,11-14H,2-3,8H2,1H3. The monoisotopic (exact) mass is 195 g/mol. The molecule has 0 radical (unpaired) electrons. The normalized spacial score (nSPS) is 12.8. The summed E-state index contributed by atoms with van der Waals surface area (Å²) < 4.78 is 0. The van der Waals surface area contributed by atoms with Crippen molar-refractivity contribution < 1.29 is 10.3 Å². The number of aryl methyl sites for hydroxylation is 1. The number of benzene rings is 1. The van der Waals surface area contributed by atoms with Crippen molar-refractivity contribution in [3.63, 3.8) is 0 Å². The summed E-state index contributed by atoms with van der Waals surface area (Å²) in [5.41, 5.74) is 4.06. The van der Waals surface area contributed by atoms with Crippen LogP contribution in [-0.2, 0) is 6.42 Å². The molecule has 0 saturated carbocycles. The zero-order valence-corrected chi connectivity index (χ0v) is 8.40. The Morgan fingerprint density at radius 1 is 1.29 bits per heavy atom. The minimum absolute atomic E-state index is 0.160. The molecule has 1 aromatic rings. The summed E-state index contributed by atoms with van der Waals surface area (Å²) in [5.74, 6) is 0. The molecule has 3 N–H and O–H groups in total. The van der Waals surface area contributed by atoms with Crippen LogP contribution in [0.25, 0.3) is 0 Å². The molecule has 1 unspecified atom stereocenters. The van der Waals surface area contributed by atoms with Gasteiger partial charge < -0.3 is 10.3 Å². The Labute approximate surface area is 84.3 Å². The predicted molar refractivity (Wildman–Crippen MR) is 55.2 cm³/mol. The lowest BCUT2D eigenvalue weighted by molar-refractivity contribution is 0.0921. The average molecular weight is 195 g/mol. The molecule has 3 heteroatoms. The van der Waals surface area contributed by atoms with Crippen LogP contribution in [0.4, 0.5) is 0 Å². The number of nitrogens with one attached hydrogen (secondary N) is 1. The van der Waals surface area contributed by atoms with Gasteiger partial charge in [0.15, 0.2) is 0 Å². The molecule has 1 rings (SSSR count). The van der Waals surface area contributed by atoms with Gasteiger partial charge in [0, 0.05) is 0 Å². The lowest BCUT2D eigenvalue weighted by atomic mass is 10.0. The third-order valence-electron chi connectivity index (χ3n) is 2.19. The summed E-state index contributed by atoms with van der Waals surface area (Å²) >= 11 is 0. The summed E-state index contributed by atoms with van der Waals surface area (Å²) in [4.78, 5) is 0.